The zero-order valence-electron chi connectivity index (χ0n) is 9.87. The summed E-state index contributed by atoms with van der Waals surface area (Å²) in [6.07, 6.45) is 3.89. The highest BCUT2D eigenvalue weighted by Crippen LogP contribution is 2.26. The number of nitrogens with zero attached hydrogens (tertiary/aromatic N) is 1. The van der Waals surface area contributed by atoms with Gasteiger partial charge in [0.2, 0.25) is 0 Å². The lowest BCUT2D eigenvalue weighted by Crippen LogP contribution is -2.34. The summed E-state index contributed by atoms with van der Waals surface area (Å²) < 4.78 is 0. The molecule has 2 nitrogen and oxygen atoms in total. The summed E-state index contributed by atoms with van der Waals surface area (Å²) in [6.45, 7) is 7.27. The molecule has 0 aromatic heterocycles. The molecular weight excluding hydrogens is 174 g/mol. The molecule has 2 atom stereocenters. The average molecular weight is 199 g/mol. The maximum atomic E-state index is 9.28. The van der Waals surface area contributed by atoms with Crippen molar-refractivity contribution in [1.29, 1.82) is 0 Å². The molecule has 1 heterocycles. The molecular formula is C12H25NO. The van der Waals surface area contributed by atoms with Gasteiger partial charge in [-0.3, -0.25) is 0 Å². The molecule has 0 amide bonds. The van der Waals surface area contributed by atoms with E-state index in [0.29, 0.717) is 18.4 Å². The smallest absolute Gasteiger partial charge is 0.0461 e. The van der Waals surface area contributed by atoms with Crippen molar-refractivity contribution in [3.8, 4) is 0 Å². The zero-order chi connectivity index (χ0) is 10.6. The van der Waals surface area contributed by atoms with Crippen molar-refractivity contribution in [3.63, 3.8) is 0 Å². The molecule has 0 aromatic carbocycles. The quantitative estimate of drug-likeness (QED) is 0.748. The maximum Gasteiger partial charge on any atom is 0.0461 e. The first-order valence-electron chi connectivity index (χ1n) is 5.93. The number of piperidine rings is 1. The number of aliphatic hydroxyl groups excluding tert-OH is 1. The Bertz CT molecular complexity index is 158. The zero-order valence-corrected chi connectivity index (χ0v) is 9.87. The normalized spacial score (nSPS) is 26.8. The van der Waals surface area contributed by atoms with Gasteiger partial charge in [0.1, 0.15) is 0 Å². The van der Waals surface area contributed by atoms with Gasteiger partial charge in [0, 0.05) is 13.2 Å². The molecule has 1 rings (SSSR count). The number of aliphatic hydroxyl groups is 1. The lowest BCUT2D eigenvalue weighted by molar-refractivity contribution is 0.127. The highest BCUT2D eigenvalue weighted by molar-refractivity contribution is 4.74. The topological polar surface area (TPSA) is 23.5 Å². The SMILES string of the molecule is CC(C)C(CO)CC1CCCN(C)C1. The Balaban J connectivity index is 2.33. The molecule has 1 aliphatic rings. The van der Waals surface area contributed by atoms with E-state index in [0.717, 1.165) is 5.92 Å². The number of rotatable bonds is 4. The molecule has 0 saturated carbocycles. The van der Waals surface area contributed by atoms with Gasteiger partial charge in [0.25, 0.3) is 0 Å². The first-order chi connectivity index (χ1) is 6.63. The second-order valence-corrected chi connectivity index (χ2v) is 5.19. The second-order valence-electron chi connectivity index (χ2n) is 5.19. The highest BCUT2D eigenvalue weighted by Gasteiger charge is 2.22. The molecule has 14 heavy (non-hydrogen) atoms. The Morgan fingerprint density at radius 1 is 1.43 bits per heavy atom. The lowest BCUT2D eigenvalue weighted by atomic mass is 9.83. The van der Waals surface area contributed by atoms with Gasteiger partial charge in [-0.25, -0.2) is 0 Å². The fraction of sp³-hybridized carbons (Fsp3) is 1.00. The van der Waals surface area contributed by atoms with E-state index in [1.807, 2.05) is 0 Å². The third kappa shape index (κ3) is 3.58. The van der Waals surface area contributed by atoms with E-state index >= 15 is 0 Å². The fourth-order valence-electron chi connectivity index (χ4n) is 2.45. The van der Waals surface area contributed by atoms with Crippen molar-refractivity contribution in [2.24, 2.45) is 17.8 Å². The van der Waals surface area contributed by atoms with Gasteiger partial charge >= 0.3 is 0 Å². The van der Waals surface area contributed by atoms with Crippen LogP contribution in [0, 0.1) is 17.8 Å². The van der Waals surface area contributed by atoms with E-state index in [1.165, 1.54) is 32.4 Å². The van der Waals surface area contributed by atoms with E-state index in [-0.39, 0.29) is 0 Å². The van der Waals surface area contributed by atoms with Crippen LogP contribution in [0.1, 0.15) is 33.1 Å². The van der Waals surface area contributed by atoms with Crippen molar-refractivity contribution in [3.05, 3.63) is 0 Å². The summed E-state index contributed by atoms with van der Waals surface area (Å²) in [7, 11) is 2.20. The van der Waals surface area contributed by atoms with Crippen molar-refractivity contribution in [1.82, 2.24) is 4.90 Å². The molecule has 0 aromatic rings. The lowest BCUT2D eigenvalue weighted by Gasteiger charge is -2.32. The van der Waals surface area contributed by atoms with Gasteiger partial charge in [-0.15, -0.1) is 0 Å². The van der Waals surface area contributed by atoms with Crippen molar-refractivity contribution < 1.29 is 5.11 Å². The van der Waals surface area contributed by atoms with E-state index in [4.69, 9.17) is 0 Å². The second kappa shape index (κ2) is 5.72. The van der Waals surface area contributed by atoms with E-state index in [1.54, 1.807) is 0 Å². The van der Waals surface area contributed by atoms with Crippen LogP contribution < -0.4 is 0 Å². The molecule has 2 unspecified atom stereocenters. The summed E-state index contributed by atoms with van der Waals surface area (Å²) in [5.41, 5.74) is 0. The Morgan fingerprint density at radius 2 is 2.14 bits per heavy atom. The molecule has 1 N–H and O–H groups in total. The van der Waals surface area contributed by atoms with Crippen LogP contribution in [-0.2, 0) is 0 Å². The number of hydrogen-bond acceptors (Lipinski definition) is 2. The van der Waals surface area contributed by atoms with Crippen LogP contribution in [-0.4, -0.2) is 36.8 Å². The summed E-state index contributed by atoms with van der Waals surface area (Å²) in [4.78, 5) is 2.42. The molecule has 84 valence electrons. The molecule has 1 aliphatic heterocycles. The van der Waals surface area contributed by atoms with E-state index in [2.05, 4.69) is 25.8 Å². The minimum absolute atomic E-state index is 0.359. The van der Waals surface area contributed by atoms with Gasteiger partial charge in [0.15, 0.2) is 0 Å². The summed E-state index contributed by atoms with van der Waals surface area (Å²) >= 11 is 0. The predicted octanol–water partition coefficient (Wildman–Crippen LogP) is 1.98. The summed E-state index contributed by atoms with van der Waals surface area (Å²) in [6, 6.07) is 0. The van der Waals surface area contributed by atoms with Gasteiger partial charge in [-0.05, 0) is 50.6 Å². The third-order valence-corrected chi connectivity index (χ3v) is 3.54. The van der Waals surface area contributed by atoms with Crippen LogP contribution in [0.15, 0.2) is 0 Å². The fourth-order valence-corrected chi connectivity index (χ4v) is 2.45. The van der Waals surface area contributed by atoms with Gasteiger partial charge in [-0.1, -0.05) is 13.8 Å². The van der Waals surface area contributed by atoms with Crippen LogP contribution in [0.3, 0.4) is 0 Å². The summed E-state index contributed by atoms with van der Waals surface area (Å²) in [5, 5.41) is 9.28. The van der Waals surface area contributed by atoms with Crippen LogP contribution in [0.4, 0.5) is 0 Å². The Labute approximate surface area is 88.3 Å². The predicted molar refractivity (Wildman–Crippen MR) is 60.3 cm³/mol. The van der Waals surface area contributed by atoms with Crippen LogP contribution in [0.2, 0.25) is 0 Å². The molecule has 0 bridgehead atoms. The molecule has 1 saturated heterocycles. The van der Waals surface area contributed by atoms with Gasteiger partial charge in [0.05, 0.1) is 0 Å². The van der Waals surface area contributed by atoms with E-state index < -0.39 is 0 Å². The van der Waals surface area contributed by atoms with Crippen LogP contribution >= 0.6 is 0 Å². The van der Waals surface area contributed by atoms with Crippen molar-refractivity contribution in [2.75, 3.05) is 26.7 Å². The first kappa shape index (κ1) is 12.0. The molecule has 0 radical (unpaired) electrons. The molecule has 1 fully saturated rings. The average Bonchev–Trinajstić information content (AvgIpc) is 2.14. The highest BCUT2D eigenvalue weighted by atomic mass is 16.3. The molecule has 0 spiro atoms. The van der Waals surface area contributed by atoms with Crippen molar-refractivity contribution in [2.45, 2.75) is 33.1 Å². The first-order valence-corrected chi connectivity index (χ1v) is 5.93. The standard InChI is InChI=1S/C12H25NO/c1-10(2)12(9-14)7-11-5-4-6-13(3)8-11/h10-12,14H,4-9H2,1-3H3. The maximum absolute atomic E-state index is 9.28. The van der Waals surface area contributed by atoms with Gasteiger partial charge < -0.3 is 10.0 Å². The Morgan fingerprint density at radius 3 is 2.64 bits per heavy atom. The Hall–Kier alpha value is -0.0800. The van der Waals surface area contributed by atoms with Crippen molar-refractivity contribution >= 4 is 0 Å². The molecule has 0 aliphatic carbocycles. The van der Waals surface area contributed by atoms with Gasteiger partial charge in [-0.2, -0.15) is 0 Å². The van der Waals surface area contributed by atoms with E-state index in [9.17, 15) is 5.11 Å². The van der Waals surface area contributed by atoms with Crippen LogP contribution in [0.25, 0.3) is 0 Å². The largest absolute Gasteiger partial charge is 0.396 e. The third-order valence-electron chi connectivity index (χ3n) is 3.54. The number of hydrogen-bond donors (Lipinski definition) is 1. The Kier molecular flexibility index (Phi) is 4.90. The summed E-state index contributed by atoms with van der Waals surface area (Å²) in [5.74, 6) is 1.94. The monoisotopic (exact) mass is 199 g/mol. The molecule has 2 heteroatoms. The number of likely N-dealkylation sites (tertiary alicyclic amines) is 1. The minimum Gasteiger partial charge on any atom is -0.396 e. The minimum atomic E-state index is 0.359. The van der Waals surface area contributed by atoms with Crippen LogP contribution in [0.5, 0.6) is 0 Å².